The lowest BCUT2D eigenvalue weighted by molar-refractivity contribution is -0.154. The zero-order valence-corrected chi connectivity index (χ0v) is 8.49. The van der Waals surface area contributed by atoms with E-state index in [1.165, 1.54) is 0 Å². The number of phenolic OH excluding ortho intramolecular Hbond substituents is 3. The number of phenols is 3. The Morgan fingerprint density at radius 2 is 1.41 bits per heavy atom. The predicted molar refractivity (Wildman–Crippen MR) is 53.9 cm³/mol. The van der Waals surface area contributed by atoms with Gasteiger partial charge < -0.3 is 25.5 Å². The van der Waals surface area contributed by atoms with Gasteiger partial charge in [-0.25, -0.2) is 0 Å². The number of hydrogen-bond donors (Lipinski definition) is 5. The largest absolute Gasteiger partial charge is 0.504 e. The Hall–Kier alpha value is -2.44. The molecule has 0 spiro atoms. The molecule has 0 aromatic heterocycles. The van der Waals surface area contributed by atoms with Gasteiger partial charge in [0, 0.05) is 0 Å². The van der Waals surface area contributed by atoms with Crippen molar-refractivity contribution in [3.8, 4) is 17.2 Å². The van der Waals surface area contributed by atoms with Crippen LogP contribution >= 0.6 is 0 Å². The van der Waals surface area contributed by atoms with Crippen LogP contribution in [0, 0.1) is 5.92 Å². The molecule has 0 saturated heterocycles. The predicted octanol–water partition coefficient (Wildman–Crippen LogP) is 0.131. The topological polar surface area (TPSA) is 135 Å². The van der Waals surface area contributed by atoms with Crippen LogP contribution in [0.3, 0.4) is 0 Å². The second-order valence-electron chi connectivity index (χ2n) is 3.42. The van der Waals surface area contributed by atoms with Crippen molar-refractivity contribution in [1.82, 2.24) is 0 Å². The van der Waals surface area contributed by atoms with Gasteiger partial charge in [-0.05, 0) is 24.1 Å². The third-order valence-corrected chi connectivity index (χ3v) is 2.17. The molecule has 0 unspecified atom stereocenters. The van der Waals surface area contributed by atoms with E-state index in [0.717, 1.165) is 12.1 Å². The fourth-order valence-corrected chi connectivity index (χ4v) is 1.29. The van der Waals surface area contributed by atoms with Crippen LogP contribution in [-0.4, -0.2) is 37.5 Å². The van der Waals surface area contributed by atoms with Crippen LogP contribution < -0.4 is 0 Å². The molecule has 0 heterocycles. The highest BCUT2D eigenvalue weighted by atomic mass is 16.4. The van der Waals surface area contributed by atoms with Gasteiger partial charge in [-0.3, -0.25) is 9.59 Å². The molecule has 7 heteroatoms. The Kier molecular flexibility index (Phi) is 3.42. The van der Waals surface area contributed by atoms with Crippen molar-refractivity contribution >= 4 is 11.9 Å². The quantitative estimate of drug-likeness (QED) is 0.374. The number of aromatic hydroxyl groups is 3. The molecule has 5 N–H and O–H groups in total. The maximum absolute atomic E-state index is 10.6. The highest BCUT2D eigenvalue weighted by Crippen LogP contribution is 2.35. The van der Waals surface area contributed by atoms with E-state index >= 15 is 0 Å². The Morgan fingerprint density at radius 1 is 1.00 bits per heavy atom. The average molecular weight is 242 g/mol. The van der Waals surface area contributed by atoms with Crippen molar-refractivity contribution in [2.45, 2.75) is 6.42 Å². The zero-order valence-electron chi connectivity index (χ0n) is 8.49. The molecule has 17 heavy (non-hydrogen) atoms. The Bertz CT molecular complexity index is 429. The summed E-state index contributed by atoms with van der Waals surface area (Å²) in [6.45, 7) is 0. The number of hydrogen-bond acceptors (Lipinski definition) is 5. The standard InChI is InChI=1S/C10H10O7/c11-6-2-4(3-7(12)8(6)13)1-5(9(14)15)10(16)17/h2-3,5,11-13H,1H2,(H,14,15)(H,16,17). The molecule has 0 fully saturated rings. The summed E-state index contributed by atoms with van der Waals surface area (Å²) in [6.07, 6.45) is -0.411. The summed E-state index contributed by atoms with van der Waals surface area (Å²) in [5.41, 5.74) is 0.0904. The van der Waals surface area contributed by atoms with Crippen LogP contribution in [0.4, 0.5) is 0 Å². The van der Waals surface area contributed by atoms with Gasteiger partial charge in [0.05, 0.1) is 0 Å². The molecule has 0 radical (unpaired) electrons. The summed E-state index contributed by atoms with van der Waals surface area (Å²) < 4.78 is 0. The molecule has 92 valence electrons. The van der Waals surface area contributed by atoms with Gasteiger partial charge in [-0.15, -0.1) is 0 Å². The van der Waals surface area contributed by atoms with Crippen LogP contribution in [-0.2, 0) is 16.0 Å². The fourth-order valence-electron chi connectivity index (χ4n) is 1.29. The normalized spacial score (nSPS) is 10.4. The second-order valence-corrected chi connectivity index (χ2v) is 3.42. The average Bonchev–Trinajstić information content (AvgIpc) is 2.21. The lowest BCUT2D eigenvalue weighted by Crippen LogP contribution is -2.25. The van der Waals surface area contributed by atoms with Crippen molar-refractivity contribution in [1.29, 1.82) is 0 Å². The van der Waals surface area contributed by atoms with Crippen molar-refractivity contribution in [3.63, 3.8) is 0 Å². The van der Waals surface area contributed by atoms with E-state index < -0.39 is 41.5 Å². The minimum atomic E-state index is -1.68. The molecule has 1 aromatic carbocycles. The molecule has 0 saturated carbocycles. The summed E-state index contributed by atoms with van der Waals surface area (Å²) in [6, 6.07) is 1.99. The van der Waals surface area contributed by atoms with Crippen molar-refractivity contribution < 1.29 is 35.1 Å². The van der Waals surface area contributed by atoms with E-state index in [-0.39, 0.29) is 5.56 Å². The SMILES string of the molecule is O=C(O)C(Cc1cc(O)c(O)c(O)c1)C(=O)O. The third-order valence-electron chi connectivity index (χ3n) is 2.17. The first-order chi connectivity index (χ1) is 7.82. The smallest absolute Gasteiger partial charge is 0.318 e. The van der Waals surface area contributed by atoms with E-state index in [1.807, 2.05) is 0 Å². The fraction of sp³-hybridized carbons (Fsp3) is 0.200. The van der Waals surface area contributed by atoms with Gasteiger partial charge >= 0.3 is 11.9 Å². The van der Waals surface area contributed by atoms with Gasteiger partial charge in [0.1, 0.15) is 0 Å². The zero-order chi connectivity index (χ0) is 13.2. The Morgan fingerprint density at radius 3 is 1.76 bits per heavy atom. The van der Waals surface area contributed by atoms with Crippen molar-refractivity contribution in [2.75, 3.05) is 0 Å². The molecular formula is C10H10O7. The van der Waals surface area contributed by atoms with E-state index in [4.69, 9.17) is 25.5 Å². The Balaban J connectivity index is 3.02. The van der Waals surface area contributed by atoms with E-state index in [2.05, 4.69) is 0 Å². The minimum absolute atomic E-state index is 0.0904. The lowest BCUT2D eigenvalue weighted by atomic mass is 9.99. The maximum Gasteiger partial charge on any atom is 0.318 e. The summed E-state index contributed by atoms with van der Waals surface area (Å²) in [5.74, 6) is -6.76. The van der Waals surface area contributed by atoms with E-state index in [1.54, 1.807) is 0 Å². The van der Waals surface area contributed by atoms with Crippen LogP contribution in [0.25, 0.3) is 0 Å². The highest BCUT2D eigenvalue weighted by molar-refractivity contribution is 5.93. The number of aliphatic carboxylic acids is 2. The van der Waals surface area contributed by atoms with E-state index in [9.17, 15) is 9.59 Å². The van der Waals surface area contributed by atoms with Gasteiger partial charge in [0.25, 0.3) is 0 Å². The van der Waals surface area contributed by atoms with Gasteiger partial charge in [0.15, 0.2) is 23.2 Å². The van der Waals surface area contributed by atoms with Gasteiger partial charge in [-0.1, -0.05) is 0 Å². The van der Waals surface area contributed by atoms with Crippen molar-refractivity contribution in [2.24, 2.45) is 5.92 Å². The first-order valence-corrected chi connectivity index (χ1v) is 4.52. The summed E-state index contributed by atoms with van der Waals surface area (Å²) in [4.78, 5) is 21.3. The number of carboxylic acid groups (broad SMARTS) is 2. The van der Waals surface area contributed by atoms with Crippen molar-refractivity contribution in [3.05, 3.63) is 17.7 Å². The molecule has 7 nitrogen and oxygen atoms in total. The molecule has 0 aliphatic heterocycles. The van der Waals surface area contributed by atoms with Crippen LogP contribution in [0.5, 0.6) is 17.2 Å². The third kappa shape index (κ3) is 2.77. The minimum Gasteiger partial charge on any atom is -0.504 e. The van der Waals surface area contributed by atoms with Gasteiger partial charge in [-0.2, -0.15) is 0 Å². The number of benzene rings is 1. The first kappa shape index (κ1) is 12.6. The monoisotopic (exact) mass is 242 g/mol. The summed E-state index contributed by atoms with van der Waals surface area (Å²) in [7, 11) is 0. The summed E-state index contributed by atoms with van der Waals surface area (Å²) in [5, 5.41) is 44.7. The number of rotatable bonds is 4. The van der Waals surface area contributed by atoms with Crippen LogP contribution in [0.2, 0.25) is 0 Å². The first-order valence-electron chi connectivity index (χ1n) is 4.52. The molecule has 1 aromatic rings. The molecule has 1 rings (SSSR count). The molecule has 0 atom stereocenters. The molecule has 0 aliphatic carbocycles. The molecule has 0 aliphatic rings. The Labute approximate surface area is 95.2 Å². The number of carbonyl (C=O) groups is 2. The molecule has 0 amide bonds. The second kappa shape index (κ2) is 4.60. The number of carboxylic acids is 2. The highest BCUT2D eigenvalue weighted by Gasteiger charge is 2.26. The van der Waals surface area contributed by atoms with Gasteiger partial charge in [0.2, 0.25) is 0 Å². The summed E-state index contributed by atoms with van der Waals surface area (Å²) >= 11 is 0. The lowest BCUT2D eigenvalue weighted by Gasteiger charge is -2.09. The maximum atomic E-state index is 10.6. The molecule has 0 bridgehead atoms. The van der Waals surface area contributed by atoms with Crippen LogP contribution in [0.1, 0.15) is 5.56 Å². The van der Waals surface area contributed by atoms with E-state index in [0.29, 0.717) is 0 Å². The molecular weight excluding hydrogens is 232 g/mol. The van der Waals surface area contributed by atoms with Crippen LogP contribution in [0.15, 0.2) is 12.1 Å².